The van der Waals surface area contributed by atoms with E-state index in [1.54, 1.807) is 6.20 Å². The number of rotatable bonds is 6. The van der Waals surface area contributed by atoms with E-state index in [2.05, 4.69) is 15.5 Å². The predicted molar refractivity (Wildman–Crippen MR) is 69.7 cm³/mol. The summed E-state index contributed by atoms with van der Waals surface area (Å²) in [5.41, 5.74) is 1.83. The van der Waals surface area contributed by atoms with Gasteiger partial charge in [0.15, 0.2) is 0 Å². The molecule has 19 heavy (non-hydrogen) atoms. The van der Waals surface area contributed by atoms with Gasteiger partial charge in [-0.15, -0.1) is 0 Å². The summed E-state index contributed by atoms with van der Waals surface area (Å²) in [5, 5.41) is 7.30. The first-order chi connectivity index (χ1) is 9.29. The number of nitrogens with one attached hydrogen (secondary N) is 1. The van der Waals surface area contributed by atoms with E-state index in [0.29, 0.717) is 12.6 Å². The van der Waals surface area contributed by atoms with Gasteiger partial charge in [-0.1, -0.05) is 5.16 Å². The van der Waals surface area contributed by atoms with Crippen molar-refractivity contribution in [3.63, 3.8) is 0 Å². The zero-order valence-electron chi connectivity index (χ0n) is 10.9. The number of hydrogen-bond acceptors (Lipinski definition) is 5. The van der Waals surface area contributed by atoms with E-state index < -0.39 is 0 Å². The van der Waals surface area contributed by atoms with Gasteiger partial charge in [0, 0.05) is 18.7 Å². The highest BCUT2D eigenvalue weighted by Gasteiger charge is 2.20. The number of hydrogen-bond donors (Lipinski definition) is 1. The molecule has 0 aromatic carbocycles. The van der Waals surface area contributed by atoms with Crippen molar-refractivity contribution in [1.82, 2.24) is 15.5 Å². The lowest BCUT2D eigenvalue weighted by atomic mass is 10.3. The minimum atomic E-state index is 0.401. The zero-order chi connectivity index (χ0) is 13.1. The smallest absolute Gasteiger partial charge is 0.138 e. The van der Waals surface area contributed by atoms with Crippen molar-refractivity contribution in [3.8, 4) is 5.75 Å². The molecule has 2 heterocycles. The summed E-state index contributed by atoms with van der Waals surface area (Å²) in [6, 6.07) is 6.48. The van der Waals surface area contributed by atoms with Crippen molar-refractivity contribution in [1.29, 1.82) is 0 Å². The lowest BCUT2D eigenvalue weighted by Gasteiger charge is -2.05. The standard InChI is InChI=1S/C14H17N3O2/c1-10-6-13(17-19-10)9-18-14-5-4-12(16-8-14)7-15-11-2-3-11/h4-6,8,11,15H,2-3,7,9H2,1H3. The molecule has 3 rings (SSSR count). The molecular weight excluding hydrogens is 242 g/mol. The van der Waals surface area contributed by atoms with Crippen molar-refractivity contribution in [2.24, 2.45) is 0 Å². The van der Waals surface area contributed by atoms with E-state index in [1.165, 1.54) is 12.8 Å². The Morgan fingerprint density at radius 3 is 2.89 bits per heavy atom. The van der Waals surface area contributed by atoms with Gasteiger partial charge in [0.05, 0.1) is 11.9 Å². The Morgan fingerprint density at radius 1 is 1.37 bits per heavy atom. The lowest BCUT2D eigenvalue weighted by molar-refractivity contribution is 0.286. The van der Waals surface area contributed by atoms with Crippen LogP contribution in [0.5, 0.6) is 5.75 Å². The van der Waals surface area contributed by atoms with Crippen LogP contribution in [0, 0.1) is 6.92 Å². The molecule has 0 spiro atoms. The fourth-order valence-corrected chi connectivity index (χ4v) is 1.78. The Kier molecular flexibility index (Phi) is 3.46. The van der Waals surface area contributed by atoms with Crippen LogP contribution in [-0.2, 0) is 13.2 Å². The van der Waals surface area contributed by atoms with Crippen LogP contribution in [0.3, 0.4) is 0 Å². The summed E-state index contributed by atoms with van der Waals surface area (Å²) >= 11 is 0. The SMILES string of the molecule is Cc1cc(COc2ccc(CNC3CC3)nc2)no1. The topological polar surface area (TPSA) is 60.2 Å². The molecular formula is C14H17N3O2. The van der Waals surface area contributed by atoms with E-state index in [0.717, 1.165) is 29.4 Å². The van der Waals surface area contributed by atoms with Crippen LogP contribution in [-0.4, -0.2) is 16.2 Å². The predicted octanol–water partition coefficient (Wildman–Crippen LogP) is 2.21. The number of aromatic nitrogens is 2. The number of pyridine rings is 1. The number of ether oxygens (including phenoxy) is 1. The molecule has 0 atom stereocenters. The molecule has 0 saturated heterocycles. The van der Waals surface area contributed by atoms with Gasteiger partial charge >= 0.3 is 0 Å². The summed E-state index contributed by atoms with van der Waals surface area (Å²) in [6.07, 6.45) is 4.33. The van der Waals surface area contributed by atoms with Gasteiger partial charge in [-0.3, -0.25) is 4.98 Å². The number of aryl methyl sites for hydroxylation is 1. The van der Waals surface area contributed by atoms with E-state index in [4.69, 9.17) is 9.26 Å². The second kappa shape index (κ2) is 5.40. The molecule has 1 aliphatic rings. The summed E-state index contributed by atoms with van der Waals surface area (Å²) < 4.78 is 10.6. The Balaban J connectivity index is 1.50. The normalized spacial score (nSPS) is 14.6. The average Bonchev–Trinajstić information content (AvgIpc) is 3.17. The van der Waals surface area contributed by atoms with Crippen molar-refractivity contribution in [3.05, 3.63) is 41.5 Å². The minimum Gasteiger partial charge on any atom is -0.486 e. The van der Waals surface area contributed by atoms with Crippen molar-refractivity contribution in [2.45, 2.75) is 39.0 Å². The molecule has 1 saturated carbocycles. The van der Waals surface area contributed by atoms with E-state index in [1.807, 2.05) is 25.1 Å². The summed E-state index contributed by atoms with van der Waals surface area (Å²) in [6.45, 7) is 3.09. The third-order valence-corrected chi connectivity index (χ3v) is 3.01. The van der Waals surface area contributed by atoms with Gasteiger partial charge in [0.1, 0.15) is 23.8 Å². The van der Waals surface area contributed by atoms with Crippen LogP contribution in [0.15, 0.2) is 28.9 Å². The van der Waals surface area contributed by atoms with E-state index >= 15 is 0 Å². The summed E-state index contributed by atoms with van der Waals surface area (Å²) in [4.78, 5) is 4.36. The molecule has 1 aliphatic carbocycles. The molecule has 2 aromatic rings. The van der Waals surface area contributed by atoms with E-state index in [9.17, 15) is 0 Å². The molecule has 5 heteroatoms. The van der Waals surface area contributed by atoms with Gasteiger partial charge in [-0.25, -0.2) is 0 Å². The highest BCUT2D eigenvalue weighted by atomic mass is 16.5. The maximum atomic E-state index is 5.59. The van der Waals surface area contributed by atoms with Crippen LogP contribution in [0.4, 0.5) is 0 Å². The average molecular weight is 259 g/mol. The highest BCUT2D eigenvalue weighted by molar-refractivity contribution is 5.20. The second-order valence-corrected chi connectivity index (χ2v) is 4.86. The molecule has 5 nitrogen and oxygen atoms in total. The quantitative estimate of drug-likeness (QED) is 0.861. The second-order valence-electron chi connectivity index (χ2n) is 4.86. The first-order valence-electron chi connectivity index (χ1n) is 6.53. The van der Waals surface area contributed by atoms with Crippen LogP contribution >= 0.6 is 0 Å². The highest BCUT2D eigenvalue weighted by Crippen LogP contribution is 2.19. The van der Waals surface area contributed by atoms with Crippen LogP contribution in [0.1, 0.15) is 30.0 Å². The van der Waals surface area contributed by atoms with Gasteiger partial charge in [-0.05, 0) is 31.9 Å². The first kappa shape index (κ1) is 12.2. The van der Waals surface area contributed by atoms with E-state index in [-0.39, 0.29) is 0 Å². The fraction of sp³-hybridized carbons (Fsp3) is 0.429. The zero-order valence-corrected chi connectivity index (χ0v) is 10.9. The van der Waals surface area contributed by atoms with Crippen LogP contribution in [0.25, 0.3) is 0 Å². The Morgan fingerprint density at radius 2 is 2.26 bits per heavy atom. The Labute approximate surface area is 112 Å². The Bertz CT molecular complexity index is 532. The molecule has 2 aromatic heterocycles. The number of nitrogens with zero attached hydrogens (tertiary/aromatic N) is 2. The first-order valence-corrected chi connectivity index (χ1v) is 6.53. The minimum absolute atomic E-state index is 0.401. The molecule has 1 N–H and O–H groups in total. The van der Waals surface area contributed by atoms with Crippen molar-refractivity contribution < 1.29 is 9.26 Å². The third-order valence-electron chi connectivity index (χ3n) is 3.01. The van der Waals surface area contributed by atoms with Gasteiger partial charge < -0.3 is 14.6 Å². The summed E-state index contributed by atoms with van der Waals surface area (Å²) in [5.74, 6) is 1.54. The van der Waals surface area contributed by atoms with Crippen LogP contribution < -0.4 is 10.1 Å². The fourth-order valence-electron chi connectivity index (χ4n) is 1.78. The third kappa shape index (κ3) is 3.54. The molecule has 0 bridgehead atoms. The molecule has 0 unspecified atom stereocenters. The largest absolute Gasteiger partial charge is 0.486 e. The Hall–Kier alpha value is -1.88. The van der Waals surface area contributed by atoms with Gasteiger partial charge in [0.2, 0.25) is 0 Å². The van der Waals surface area contributed by atoms with Gasteiger partial charge in [-0.2, -0.15) is 0 Å². The maximum Gasteiger partial charge on any atom is 0.138 e. The monoisotopic (exact) mass is 259 g/mol. The molecule has 1 fully saturated rings. The van der Waals surface area contributed by atoms with Crippen LogP contribution in [0.2, 0.25) is 0 Å². The van der Waals surface area contributed by atoms with Gasteiger partial charge in [0.25, 0.3) is 0 Å². The molecule has 0 aliphatic heterocycles. The lowest BCUT2D eigenvalue weighted by Crippen LogP contribution is -2.16. The van der Waals surface area contributed by atoms with Crippen molar-refractivity contribution in [2.75, 3.05) is 0 Å². The maximum absolute atomic E-state index is 5.59. The molecule has 0 radical (unpaired) electrons. The summed E-state index contributed by atoms with van der Waals surface area (Å²) in [7, 11) is 0. The molecule has 100 valence electrons. The molecule has 0 amide bonds. The van der Waals surface area contributed by atoms with Crippen molar-refractivity contribution >= 4 is 0 Å².